The molecule has 4 heteroatoms. The molecule has 2 nitrogen and oxygen atoms in total. The van der Waals surface area contributed by atoms with Gasteiger partial charge in [-0.05, 0) is 6.92 Å². The van der Waals surface area contributed by atoms with Crippen LogP contribution in [0.15, 0.2) is 0 Å². The quantitative estimate of drug-likeness (QED) is 0.637. The molecule has 2 heterocycles. The second kappa shape index (κ2) is 2.90. The topological polar surface area (TPSA) is 15.3 Å². The fourth-order valence-electron chi connectivity index (χ4n) is 1.65. The zero-order chi connectivity index (χ0) is 8.72. The standard InChI is InChI=1S/C8H13N2PS/c1-5-7-6(8(11)12-5)9-3-4-10(7)2/h9H,3-4,11H2,1-2H3. The number of fused-ring (bicyclic) bond motifs is 1. The van der Waals surface area contributed by atoms with E-state index in [1.807, 2.05) is 11.3 Å². The van der Waals surface area contributed by atoms with Crippen molar-refractivity contribution in [2.24, 2.45) is 0 Å². The monoisotopic (exact) mass is 200 g/mol. The Morgan fingerprint density at radius 2 is 2.33 bits per heavy atom. The first-order valence-electron chi connectivity index (χ1n) is 4.04. The van der Waals surface area contributed by atoms with Crippen LogP contribution in [0.2, 0.25) is 0 Å². The molecular formula is C8H13N2PS. The first-order chi connectivity index (χ1) is 5.70. The van der Waals surface area contributed by atoms with E-state index in [1.165, 1.54) is 20.9 Å². The fourth-order valence-corrected chi connectivity index (χ4v) is 3.37. The minimum Gasteiger partial charge on any atom is -0.380 e. The van der Waals surface area contributed by atoms with Crippen molar-refractivity contribution >= 4 is 36.6 Å². The van der Waals surface area contributed by atoms with Crippen LogP contribution in [-0.2, 0) is 0 Å². The molecule has 0 spiro atoms. The van der Waals surface area contributed by atoms with Gasteiger partial charge in [-0.15, -0.1) is 11.3 Å². The Balaban J connectivity index is 2.55. The molecule has 1 aliphatic rings. The molecule has 1 unspecified atom stereocenters. The van der Waals surface area contributed by atoms with E-state index in [2.05, 4.69) is 33.4 Å². The molecule has 1 aromatic heterocycles. The van der Waals surface area contributed by atoms with Gasteiger partial charge in [0.15, 0.2) is 0 Å². The molecule has 0 amide bonds. The summed E-state index contributed by atoms with van der Waals surface area (Å²) in [5, 5.41) is 3.43. The Morgan fingerprint density at radius 3 is 3.00 bits per heavy atom. The van der Waals surface area contributed by atoms with Crippen molar-refractivity contribution < 1.29 is 0 Å². The maximum atomic E-state index is 3.43. The van der Waals surface area contributed by atoms with Gasteiger partial charge in [0, 0.05) is 29.6 Å². The molecule has 2 rings (SSSR count). The molecule has 0 bridgehead atoms. The summed E-state index contributed by atoms with van der Waals surface area (Å²) < 4.78 is 1.33. The summed E-state index contributed by atoms with van der Waals surface area (Å²) >= 11 is 1.85. The molecule has 1 aromatic rings. The molecule has 66 valence electrons. The molecule has 0 fully saturated rings. The number of hydrogen-bond donors (Lipinski definition) is 1. The average molecular weight is 200 g/mol. The van der Waals surface area contributed by atoms with Gasteiger partial charge in [-0.1, -0.05) is 9.24 Å². The highest BCUT2D eigenvalue weighted by molar-refractivity contribution is 7.44. The maximum absolute atomic E-state index is 3.43. The lowest BCUT2D eigenvalue weighted by Gasteiger charge is -2.27. The first-order valence-corrected chi connectivity index (χ1v) is 5.43. The molecule has 0 radical (unpaired) electrons. The molecular weight excluding hydrogens is 187 g/mol. The van der Waals surface area contributed by atoms with Gasteiger partial charge < -0.3 is 10.2 Å². The minimum absolute atomic E-state index is 1.06. The van der Waals surface area contributed by atoms with E-state index in [1.54, 1.807) is 0 Å². The summed E-state index contributed by atoms with van der Waals surface area (Å²) in [5.74, 6) is 0. The average Bonchev–Trinajstić information content (AvgIpc) is 2.29. The van der Waals surface area contributed by atoms with Crippen molar-refractivity contribution in [2.75, 3.05) is 30.4 Å². The fraction of sp³-hybridized carbons (Fsp3) is 0.500. The van der Waals surface area contributed by atoms with Crippen LogP contribution < -0.4 is 14.8 Å². The predicted molar refractivity (Wildman–Crippen MR) is 60.2 cm³/mol. The zero-order valence-corrected chi connectivity index (χ0v) is 9.32. The van der Waals surface area contributed by atoms with Crippen LogP contribution in [-0.4, -0.2) is 20.1 Å². The van der Waals surface area contributed by atoms with Crippen LogP contribution in [0.25, 0.3) is 0 Å². The van der Waals surface area contributed by atoms with E-state index in [9.17, 15) is 0 Å². The first kappa shape index (κ1) is 8.33. The summed E-state index contributed by atoms with van der Waals surface area (Å²) in [5.41, 5.74) is 2.70. The Morgan fingerprint density at radius 1 is 1.58 bits per heavy atom. The predicted octanol–water partition coefficient (Wildman–Crippen LogP) is 1.42. The Labute approximate surface area is 79.2 Å². The van der Waals surface area contributed by atoms with Crippen molar-refractivity contribution in [3.8, 4) is 0 Å². The normalized spacial score (nSPS) is 15.8. The van der Waals surface area contributed by atoms with Crippen molar-refractivity contribution in [3.63, 3.8) is 0 Å². The summed E-state index contributed by atoms with van der Waals surface area (Å²) in [7, 11) is 4.95. The number of hydrogen-bond acceptors (Lipinski definition) is 3. The van der Waals surface area contributed by atoms with Gasteiger partial charge in [-0.25, -0.2) is 0 Å². The lowest BCUT2D eigenvalue weighted by atomic mass is 10.2. The van der Waals surface area contributed by atoms with Gasteiger partial charge in [0.05, 0.1) is 11.4 Å². The van der Waals surface area contributed by atoms with Gasteiger partial charge in [0.1, 0.15) is 0 Å². The van der Waals surface area contributed by atoms with Gasteiger partial charge in [-0.3, -0.25) is 0 Å². The highest BCUT2D eigenvalue weighted by Gasteiger charge is 2.19. The van der Waals surface area contributed by atoms with E-state index in [0.29, 0.717) is 0 Å². The van der Waals surface area contributed by atoms with Crippen molar-refractivity contribution in [1.29, 1.82) is 0 Å². The number of nitrogens with one attached hydrogen (secondary N) is 1. The molecule has 1 atom stereocenters. The van der Waals surface area contributed by atoms with Gasteiger partial charge in [0.2, 0.25) is 0 Å². The second-order valence-electron chi connectivity index (χ2n) is 3.09. The number of likely N-dealkylation sites (N-methyl/N-ethyl adjacent to an activating group) is 1. The number of rotatable bonds is 0. The third kappa shape index (κ3) is 1.12. The summed E-state index contributed by atoms with van der Waals surface area (Å²) in [6.45, 7) is 4.34. The maximum Gasteiger partial charge on any atom is 0.0763 e. The van der Waals surface area contributed by atoms with Crippen LogP contribution in [0.3, 0.4) is 0 Å². The van der Waals surface area contributed by atoms with E-state index in [4.69, 9.17) is 0 Å². The Bertz CT molecular complexity index is 308. The Hall–Kier alpha value is -0.270. The molecule has 12 heavy (non-hydrogen) atoms. The van der Waals surface area contributed by atoms with Gasteiger partial charge in [-0.2, -0.15) is 0 Å². The summed E-state index contributed by atoms with van der Waals surface area (Å²) in [6, 6.07) is 0. The Kier molecular flexibility index (Phi) is 2.01. The molecule has 1 N–H and O–H groups in total. The third-order valence-corrected chi connectivity index (χ3v) is 3.78. The SMILES string of the molecule is Cc1sc(P)c2c1N(C)CCN2. The van der Waals surface area contributed by atoms with Gasteiger partial charge >= 0.3 is 0 Å². The zero-order valence-electron chi connectivity index (χ0n) is 7.35. The van der Waals surface area contributed by atoms with Crippen molar-refractivity contribution in [2.45, 2.75) is 6.92 Å². The lowest BCUT2D eigenvalue weighted by molar-refractivity contribution is 0.888. The molecule has 0 saturated heterocycles. The highest BCUT2D eigenvalue weighted by Crippen LogP contribution is 2.36. The van der Waals surface area contributed by atoms with Crippen LogP contribution in [0.5, 0.6) is 0 Å². The van der Waals surface area contributed by atoms with Crippen molar-refractivity contribution in [1.82, 2.24) is 0 Å². The molecule has 0 aromatic carbocycles. The van der Waals surface area contributed by atoms with E-state index >= 15 is 0 Å². The minimum atomic E-state index is 1.06. The second-order valence-corrected chi connectivity index (χ2v) is 5.35. The van der Waals surface area contributed by atoms with Crippen LogP contribution in [0.4, 0.5) is 11.4 Å². The number of aryl methyl sites for hydroxylation is 1. The molecule has 1 aliphatic heterocycles. The smallest absolute Gasteiger partial charge is 0.0763 e. The summed E-state index contributed by atoms with van der Waals surface area (Å²) in [4.78, 5) is 3.73. The number of nitrogens with zero attached hydrogens (tertiary/aromatic N) is 1. The van der Waals surface area contributed by atoms with Crippen LogP contribution >= 0.6 is 20.6 Å². The third-order valence-electron chi connectivity index (χ3n) is 2.21. The van der Waals surface area contributed by atoms with Gasteiger partial charge in [0.25, 0.3) is 0 Å². The van der Waals surface area contributed by atoms with E-state index in [-0.39, 0.29) is 0 Å². The lowest BCUT2D eigenvalue weighted by Crippen LogP contribution is -2.31. The number of thiophene rings is 1. The molecule has 0 saturated carbocycles. The van der Waals surface area contributed by atoms with Crippen LogP contribution in [0.1, 0.15) is 4.88 Å². The van der Waals surface area contributed by atoms with Crippen molar-refractivity contribution in [3.05, 3.63) is 4.88 Å². The van der Waals surface area contributed by atoms with E-state index in [0.717, 1.165) is 13.1 Å². The van der Waals surface area contributed by atoms with E-state index < -0.39 is 0 Å². The number of anilines is 2. The largest absolute Gasteiger partial charge is 0.380 e. The summed E-state index contributed by atoms with van der Waals surface area (Å²) in [6.07, 6.45) is 0. The van der Waals surface area contributed by atoms with Crippen LogP contribution in [0, 0.1) is 6.92 Å². The highest BCUT2D eigenvalue weighted by atomic mass is 32.1. The molecule has 0 aliphatic carbocycles.